The van der Waals surface area contributed by atoms with Crippen LogP contribution in [0.3, 0.4) is 0 Å². The van der Waals surface area contributed by atoms with Crippen LogP contribution in [0.5, 0.6) is 11.5 Å². The number of hydrogen-bond acceptors (Lipinski definition) is 6. The van der Waals surface area contributed by atoms with Crippen molar-refractivity contribution in [3.05, 3.63) is 23.8 Å². The average Bonchev–Trinajstić information content (AvgIpc) is 2.50. The zero-order valence-corrected chi connectivity index (χ0v) is 12.4. The topological polar surface area (TPSA) is 69.2 Å². The lowest BCUT2D eigenvalue weighted by molar-refractivity contribution is -0.0994. The summed E-state index contributed by atoms with van der Waals surface area (Å²) in [5.74, 6) is 1.23. The third-order valence-electron chi connectivity index (χ3n) is 2.97. The first kappa shape index (κ1) is 16.7. The SMILES string of the molecule is COc1ccc(C(O)CNCC(OC)OC)cc1OC. The highest BCUT2D eigenvalue weighted by Gasteiger charge is 2.12. The number of nitrogens with one attached hydrogen (secondary N) is 1. The van der Waals surface area contributed by atoms with Crippen LogP contribution in [0.25, 0.3) is 0 Å². The standard InChI is InChI=1S/C14H23NO5/c1-17-12-6-5-10(7-13(12)18-2)11(16)8-15-9-14(19-3)20-4/h5-7,11,14-16H,8-9H2,1-4H3. The van der Waals surface area contributed by atoms with Crippen molar-refractivity contribution in [3.63, 3.8) is 0 Å². The van der Waals surface area contributed by atoms with E-state index in [0.717, 1.165) is 5.56 Å². The van der Waals surface area contributed by atoms with Gasteiger partial charge in [0.25, 0.3) is 0 Å². The summed E-state index contributed by atoms with van der Waals surface area (Å²) in [6.45, 7) is 0.885. The van der Waals surface area contributed by atoms with Crippen molar-refractivity contribution in [1.82, 2.24) is 5.32 Å². The fourth-order valence-electron chi connectivity index (χ4n) is 1.78. The zero-order valence-electron chi connectivity index (χ0n) is 12.4. The first-order valence-electron chi connectivity index (χ1n) is 6.32. The maximum atomic E-state index is 10.1. The molecule has 0 aromatic heterocycles. The second kappa shape index (κ2) is 8.76. The molecule has 2 N–H and O–H groups in total. The molecule has 0 spiro atoms. The Labute approximate surface area is 119 Å². The Balaban J connectivity index is 2.57. The van der Waals surface area contributed by atoms with Gasteiger partial charge in [0.05, 0.1) is 20.3 Å². The van der Waals surface area contributed by atoms with Gasteiger partial charge in [-0.05, 0) is 17.7 Å². The Morgan fingerprint density at radius 2 is 1.65 bits per heavy atom. The number of aliphatic hydroxyl groups excluding tert-OH is 1. The van der Waals surface area contributed by atoms with E-state index in [1.54, 1.807) is 46.6 Å². The fourth-order valence-corrected chi connectivity index (χ4v) is 1.78. The highest BCUT2D eigenvalue weighted by molar-refractivity contribution is 5.43. The lowest BCUT2D eigenvalue weighted by Gasteiger charge is -2.17. The molecule has 1 aromatic carbocycles. The van der Waals surface area contributed by atoms with E-state index in [9.17, 15) is 5.11 Å². The molecular formula is C14H23NO5. The molecule has 0 fully saturated rings. The van der Waals surface area contributed by atoms with Crippen LogP contribution in [0.4, 0.5) is 0 Å². The van der Waals surface area contributed by atoms with Gasteiger partial charge in [-0.1, -0.05) is 6.07 Å². The molecule has 0 aliphatic rings. The predicted octanol–water partition coefficient (Wildman–Crippen LogP) is 0.946. The molecule has 0 amide bonds. The van der Waals surface area contributed by atoms with Gasteiger partial charge >= 0.3 is 0 Å². The predicted molar refractivity (Wildman–Crippen MR) is 75.2 cm³/mol. The minimum atomic E-state index is -0.649. The van der Waals surface area contributed by atoms with Gasteiger partial charge in [-0.2, -0.15) is 0 Å². The largest absolute Gasteiger partial charge is 0.493 e. The van der Waals surface area contributed by atoms with Crippen LogP contribution in [-0.2, 0) is 9.47 Å². The van der Waals surface area contributed by atoms with Crippen LogP contribution < -0.4 is 14.8 Å². The molecule has 0 saturated heterocycles. The second-order valence-corrected chi connectivity index (χ2v) is 4.19. The number of ether oxygens (including phenoxy) is 4. The zero-order chi connectivity index (χ0) is 15.0. The number of methoxy groups -OCH3 is 4. The van der Waals surface area contributed by atoms with Crippen molar-refractivity contribution in [3.8, 4) is 11.5 Å². The molecule has 0 heterocycles. The summed E-state index contributed by atoms with van der Waals surface area (Å²) >= 11 is 0. The summed E-state index contributed by atoms with van der Waals surface area (Å²) in [7, 11) is 6.28. The van der Waals surface area contributed by atoms with Crippen molar-refractivity contribution in [2.24, 2.45) is 0 Å². The van der Waals surface area contributed by atoms with Crippen molar-refractivity contribution >= 4 is 0 Å². The molecule has 1 rings (SSSR count). The second-order valence-electron chi connectivity index (χ2n) is 4.19. The third-order valence-corrected chi connectivity index (χ3v) is 2.97. The summed E-state index contributed by atoms with van der Waals surface area (Å²) in [6, 6.07) is 5.33. The van der Waals surface area contributed by atoms with E-state index in [1.165, 1.54) is 0 Å². The van der Waals surface area contributed by atoms with Crippen molar-refractivity contribution in [2.75, 3.05) is 41.5 Å². The molecule has 6 nitrogen and oxygen atoms in total. The molecule has 1 aromatic rings. The lowest BCUT2D eigenvalue weighted by Crippen LogP contribution is -2.32. The summed E-state index contributed by atoms with van der Waals surface area (Å²) in [6.07, 6.45) is -0.975. The van der Waals surface area contributed by atoms with E-state index in [2.05, 4.69) is 5.32 Å². The fraction of sp³-hybridized carbons (Fsp3) is 0.571. The van der Waals surface area contributed by atoms with Crippen LogP contribution in [0, 0.1) is 0 Å². The maximum absolute atomic E-state index is 10.1. The van der Waals surface area contributed by atoms with Gasteiger partial charge < -0.3 is 29.4 Å². The summed E-state index contributed by atoms with van der Waals surface area (Å²) < 4.78 is 20.5. The van der Waals surface area contributed by atoms with Gasteiger partial charge in [0.1, 0.15) is 0 Å². The number of hydrogen-bond donors (Lipinski definition) is 2. The van der Waals surface area contributed by atoms with Crippen LogP contribution >= 0.6 is 0 Å². The molecule has 0 bridgehead atoms. The molecule has 0 radical (unpaired) electrons. The first-order valence-corrected chi connectivity index (χ1v) is 6.32. The Hall–Kier alpha value is -1.34. The van der Waals surface area contributed by atoms with E-state index in [0.29, 0.717) is 24.6 Å². The average molecular weight is 285 g/mol. The Kier molecular flexibility index (Phi) is 7.32. The Morgan fingerprint density at radius 3 is 2.20 bits per heavy atom. The lowest BCUT2D eigenvalue weighted by atomic mass is 10.1. The number of aliphatic hydroxyl groups is 1. The van der Waals surface area contributed by atoms with E-state index < -0.39 is 6.10 Å². The van der Waals surface area contributed by atoms with Crippen molar-refractivity contribution < 1.29 is 24.1 Å². The van der Waals surface area contributed by atoms with E-state index in [1.807, 2.05) is 0 Å². The molecule has 114 valence electrons. The minimum Gasteiger partial charge on any atom is -0.493 e. The smallest absolute Gasteiger partial charge is 0.169 e. The highest BCUT2D eigenvalue weighted by atomic mass is 16.7. The van der Waals surface area contributed by atoms with Gasteiger partial charge in [0.2, 0.25) is 0 Å². The molecule has 1 atom stereocenters. The quantitative estimate of drug-likeness (QED) is 0.658. The summed E-state index contributed by atoms with van der Waals surface area (Å²) in [5.41, 5.74) is 0.751. The van der Waals surface area contributed by atoms with Crippen LogP contribution in [-0.4, -0.2) is 52.9 Å². The molecule has 1 unspecified atom stereocenters. The van der Waals surface area contributed by atoms with Gasteiger partial charge in [0, 0.05) is 27.3 Å². The monoisotopic (exact) mass is 285 g/mol. The minimum absolute atomic E-state index is 0.326. The first-order chi connectivity index (χ1) is 9.65. The molecule has 20 heavy (non-hydrogen) atoms. The third kappa shape index (κ3) is 4.64. The van der Waals surface area contributed by atoms with E-state index in [4.69, 9.17) is 18.9 Å². The van der Waals surface area contributed by atoms with Crippen LogP contribution in [0.1, 0.15) is 11.7 Å². The normalized spacial score (nSPS) is 12.5. The van der Waals surface area contributed by atoms with Gasteiger partial charge in [-0.15, -0.1) is 0 Å². The van der Waals surface area contributed by atoms with Crippen molar-refractivity contribution in [1.29, 1.82) is 0 Å². The Bertz CT molecular complexity index is 395. The summed E-state index contributed by atoms with van der Waals surface area (Å²) in [4.78, 5) is 0. The maximum Gasteiger partial charge on any atom is 0.169 e. The van der Waals surface area contributed by atoms with Gasteiger partial charge in [-0.25, -0.2) is 0 Å². The number of benzene rings is 1. The van der Waals surface area contributed by atoms with Crippen LogP contribution in [0.15, 0.2) is 18.2 Å². The molecule has 0 aliphatic heterocycles. The van der Waals surface area contributed by atoms with Gasteiger partial charge in [0.15, 0.2) is 17.8 Å². The van der Waals surface area contributed by atoms with Crippen molar-refractivity contribution in [2.45, 2.75) is 12.4 Å². The Morgan fingerprint density at radius 1 is 1.00 bits per heavy atom. The van der Waals surface area contributed by atoms with E-state index >= 15 is 0 Å². The number of rotatable bonds is 9. The summed E-state index contributed by atoms with van der Waals surface area (Å²) in [5, 5.41) is 13.2. The molecular weight excluding hydrogens is 262 g/mol. The highest BCUT2D eigenvalue weighted by Crippen LogP contribution is 2.29. The molecule has 0 saturated carbocycles. The van der Waals surface area contributed by atoms with E-state index in [-0.39, 0.29) is 6.29 Å². The van der Waals surface area contributed by atoms with Crippen LogP contribution in [0.2, 0.25) is 0 Å². The van der Waals surface area contributed by atoms with Gasteiger partial charge in [-0.3, -0.25) is 0 Å². The molecule has 0 aliphatic carbocycles. The molecule has 6 heteroatoms.